The Morgan fingerprint density at radius 1 is 1.24 bits per heavy atom. The number of aromatic amines is 1. The molecule has 3 heterocycles. The first-order valence-corrected chi connectivity index (χ1v) is 10.6. The lowest BCUT2D eigenvalue weighted by atomic mass is 9.98. The topological polar surface area (TPSA) is 89.3 Å². The van der Waals surface area contributed by atoms with Crippen molar-refractivity contribution < 1.29 is 0 Å². The lowest BCUT2D eigenvalue weighted by Crippen LogP contribution is -2.16. The molecule has 0 saturated carbocycles. The summed E-state index contributed by atoms with van der Waals surface area (Å²) in [5, 5.41) is 13.5. The number of thiophene rings is 1. The molecule has 0 aliphatic heterocycles. The van der Waals surface area contributed by atoms with E-state index in [2.05, 4.69) is 46.1 Å². The van der Waals surface area contributed by atoms with Crippen LogP contribution in [0.5, 0.6) is 0 Å². The lowest BCUT2D eigenvalue weighted by Gasteiger charge is -2.08. The van der Waals surface area contributed by atoms with Gasteiger partial charge in [-0.3, -0.25) is 4.79 Å². The Kier molecular flexibility index (Phi) is 5.27. The molecule has 0 saturated heterocycles. The molecular formula is C21H24N6OS. The average molecular weight is 409 g/mol. The average Bonchev–Trinajstić information content (AvgIpc) is 3.26. The smallest absolute Gasteiger partial charge is 0.259 e. The summed E-state index contributed by atoms with van der Waals surface area (Å²) in [5.41, 5.74) is 3.06. The van der Waals surface area contributed by atoms with Gasteiger partial charge in [-0.2, -0.15) is 4.80 Å². The molecule has 29 heavy (non-hydrogen) atoms. The van der Waals surface area contributed by atoms with E-state index in [-0.39, 0.29) is 12.1 Å². The number of rotatable bonds is 6. The maximum atomic E-state index is 12.8. The van der Waals surface area contributed by atoms with Gasteiger partial charge in [0.25, 0.3) is 5.56 Å². The van der Waals surface area contributed by atoms with Gasteiger partial charge in [0.2, 0.25) is 5.82 Å². The molecule has 0 aliphatic rings. The fourth-order valence-corrected chi connectivity index (χ4v) is 4.48. The largest absolute Gasteiger partial charge is 0.308 e. The molecule has 0 fully saturated rings. The van der Waals surface area contributed by atoms with Crippen LogP contribution in [-0.2, 0) is 13.0 Å². The van der Waals surface area contributed by atoms with Crippen LogP contribution in [0.3, 0.4) is 0 Å². The zero-order valence-corrected chi connectivity index (χ0v) is 17.9. The molecule has 4 aromatic rings. The van der Waals surface area contributed by atoms with Crippen LogP contribution < -0.4 is 5.56 Å². The summed E-state index contributed by atoms with van der Waals surface area (Å²) in [6, 6.07) is 7.91. The van der Waals surface area contributed by atoms with E-state index in [1.807, 2.05) is 31.2 Å². The second-order valence-corrected chi connectivity index (χ2v) is 8.71. The predicted octanol–water partition coefficient (Wildman–Crippen LogP) is 3.89. The highest BCUT2D eigenvalue weighted by Crippen LogP contribution is 2.29. The van der Waals surface area contributed by atoms with Crippen molar-refractivity contribution in [2.45, 2.75) is 47.1 Å². The Labute approximate surface area is 172 Å². The van der Waals surface area contributed by atoms with E-state index in [1.54, 1.807) is 11.3 Å². The summed E-state index contributed by atoms with van der Waals surface area (Å²) in [5.74, 6) is 1.63. The summed E-state index contributed by atoms with van der Waals surface area (Å²) in [6.07, 6.45) is 1.98. The Hall–Kier alpha value is -2.87. The van der Waals surface area contributed by atoms with Crippen LogP contribution in [0.25, 0.3) is 21.6 Å². The Bertz CT molecular complexity index is 1220. The summed E-state index contributed by atoms with van der Waals surface area (Å²) < 4.78 is 0. The van der Waals surface area contributed by atoms with Gasteiger partial charge in [-0.1, -0.05) is 44.5 Å². The second kappa shape index (κ2) is 7.87. The van der Waals surface area contributed by atoms with Gasteiger partial charge in [0.1, 0.15) is 17.2 Å². The van der Waals surface area contributed by atoms with Gasteiger partial charge >= 0.3 is 0 Å². The SMILES string of the molecule is CC[C@H](C)Cc1c(C)sc2nc(Cn3nnc(-c4ccccc4C)n3)[nH]c(=O)c12. The van der Waals surface area contributed by atoms with E-state index in [0.29, 0.717) is 17.6 Å². The van der Waals surface area contributed by atoms with Crippen LogP contribution >= 0.6 is 11.3 Å². The Balaban J connectivity index is 1.65. The molecule has 1 atom stereocenters. The van der Waals surface area contributed by atoms with Crippen LogP contribution in [0.2, 0.25) is 0 Å². The quantitative estimate of drug-likeness (QED) is 0.523. The highest BCUT2D eigenvalue weighted by Gasteiger charge is 2.17. The minimum Gasteiger partial charge on any atom is -0.308 e. The van der Waals surface area contributed by atoms with Gasteiger partial charge < -0.3 is 4.98 Å². The molecule has 150 valence electrons. The van der Waals surface area contributed by atoms with Gasteiger partial charge in [0.05, 0.1) is 5.39 Å². The maximum Gasteiger partial charge on any atom is 0.259 e. The summed E-state index contributed by atoms with van der Waals surface area (Å²) in [6.45, 7) is 8.73. The Morgan fingerprint density at radius 2 is 2.03 bits per heavy atom. The van der Waals surface area contributed by atoms with Crippen molar-refractivity contribution in [2.75, 3.05) is 0 Å². The number of hydrogen-bond donors (Lipinski definition) is 1. The molecule has 0 bridgehead atoms. The minimum atomic E-state index is -0.0908. The normalized spacial score (nSPS) is 12.6. The monoisotopic (exact) mass is 408 g/mol. The minimum absolute atomic E-state index is 0.0908. The first-order chi connectivity index (χ1) is 14.0. The number of nitrogens with one attached hydrogen (secondary N) is 1. The summed E-state index contributed by atoms with van der Waals surface area (Å²) in [4.78, 5) is 23.8. The zero-order chi connectivity index (χ0) is 20.5. The molecular weight excluding hydrogens is 384 g/mol. The number of hydrogen-bond acceptors (Lipinski definition) is 6. The molecule has 0 unspecified atom stereocenters. The summed E-state index contributed by atoms with van der Waals surface area (Å²) >= 11 is 1.58. The van der Waals surface area contributed by atoms with E-state index in [0.717, 1.165) is 44.6 Å². The number of tetrazole rings is 1. The van der Waals surface area contributed by atoms with E-state index in [9.17, 15) is 4.79 Å². The highest BCUT2D eigenvalue weighted by atomic mass is 32.1. The number of aromatic nitrogens is 6. The highest BCUT2D eigenvalue weighted by molar-refractivity contribution is 7.18. The van der Waals surface area contributed by atoms with Gasteiger partial charge in [0, 0.05) is 10.4 Å². The molecule has 1 N–H and O–H groups in total. The molecule has 8 heteroatoms. The molecule has 0 spiro atoms. The molecule has 7 nitrogen and oxygen atoms in total. The third-order valence-electron chi connectivity index (χ3n) is 5.29. The van der Waals surface area contributed by atoms with Crippen LogP contribution in [0.1, 0.15) is 42.1 Å². The van der Waals surface area contributed by atoms with Crippen molar-refractivity contribution in [3.63, 3.8) is 0 Å². The van der Waals surface area contributed by atoms with E-state index in [1.165, 1.54) is 4.80 Å². The predicted molar refractivity (Wildman–Crippen MR) is 115 cm³/mol. The molecule has 4 rings (SSSR count). The van der Waals surface area contributed by atoms with Crippen LogP contribution in [-0.4, -0.2) is 30.2 Å². The lowest BCUT2D eigenvalue weighted by molar-refractivity contribution is 0.554. The van der Waals surface area contributed by atoms with Crippen LogP contribution in [0.15, 0.2) is 29.1 Å². The first-order valence-electron chi connectivity index (χ1n) is 9.81. The van der Waals surface area contributed by atoms with Gasteiger partial charge in [-0.25, -0.2) is 4.98 Å². The zero-order valence-electron chi connectivity index (χ0n) is 17.1. The Morgan fingerprint density at radius 3 is 2.79 bits per heavy atom. The molecule has 0 radical (unpaired) electrons. The molecule has 0 aliphatic carbocycles. The van der Waals surface area contributed by atoms with Crippen molar-refractivity contribution in [2.24, 2.45) is 5.92 Å². The van der Waals surface area contributed by atoms with E-state index >= 15 is 0 Å². The fourth-order valence-electron chi connectivity index (χ4n) is 3.41. The maximum absolute atomic E-state index is 12.8. The molecule has 1 aromatic carbocycles. The molecule has 0 amide bonds. The van der Waals surface area contributed by atoms with E-state index in [4.69, 9.17) is 0 Å². The van der Waals surface area contributed by atoms with Crippen molar-refractivity contribution in [3.05, 3.63) is 56.4 Å². The number of nitrogens with zero attached hydrogens (tertiary/aromatic N) is 5. The van der Waals surface area contributed by atoms with Crippen LogP contribution in [0.4, 0.5) is 0 Å². The standard InChI is InChI=1S/C21H24N6OS/c1-5-12(2)10-16-14(4)29-21-18(16)20(28)22-17(23-21)11-27-25-19(24-26-27)15-9-7-6-8-13(15)3/h6-9,12H,5,10-11H2,1-4H3,(H,22,23,28)/t12-/m0/s1. The third-order valence-corrected chi connectivity index (χ3v) is 6.33. The first kappa shape index (κ1) is 19.4. The van der Waals surface area contributed by atoms with Gasteiger partial charge in [-0.15, -0.1) is 21.5 Å². The van der Waals surface area contributed by atoms with Crippen molar-refractivity contribution in [1.82, 2.24) is 30.2 Å². The van der Waals surface area contributed by atoms with Crippen molar-refractivity contribution in [1.29, 1.82) is 0 Å². The third kappa shape index (κ3) is 3.85. The van der Waals surface area contributed by atoms with Crippen LogP contribution in [0, 0.1) is 19.8 Å². The number of aryl methyl sites for hydroxylation is 2. The second-order valence-electron chi connectivity index (χ2n) is 7.51. The fraction of sp³-hybridized carbons (Fsp3) is 0.381. The van der Waals surface area contributed by atoms with Gasteiger partial charge in [0.15, 0.2) is 0 Å². The number of fused-ring (bicyclic) bond motifs is 1. The van der Waals surface area contributed by atoms with E-state index < -0.39 is 0 Å². The summed E-state index contributed by atoms with van der Waals surface area (Å²) in [7, 11) is 0. The van der Waals surface area contributed by atoms with Gasteiger partial charge in [-0.05, 0) is 42.5 Å². The van der Waals surface area contributed by atoms with Crippen molar-refractivity contribution in [3.8, 4) is 11.4 Å². The number of H-pyrrole nitrogens is 1. The van der Waals surface area contributed by atoms with Crippen molar-refractivity contribution >= 4 is 21.6 Å². The number of benzene rings is 1. The molecule has 3 aromatic heterocycles.